The molecule has 1 atom stereocenters. The van der Waals surface area contributed by atoms with Crippen LogP contribution in [-0.4, -0.2) is 22.9 Å². The minimum absolute atomic E-state index is 0.117. The zero-order chi connectivity index (χ0) is 18.3. The number of carbonyl (C=O) groups excluding carboxylic acids is 1. The van der Waals surface area contributed by atoms with E-state index in [0.29, 0.717) is 13.1 Å². The minimum atomic E-state index is -4.62. The zero-order valence-electron chi connectivity index (χ0n) is 13.5. The van der Waals surface area contributed by atoms with Gasteiger partial charge in [-0.05, 0) is 35.7 Å². The van der Waals surface area contributed by atoms with Crippen LogP contribution in [0.3, 0.4) is 0 Å². The molecular formula is C19H19ClF3NO. The summed E-state index contributed by atoms with van der Waals surface area (Å²) in [6, 6.07) is 19.0. The van der Waals surface area contributed by atoms with E-state index in [0.717, 1.165) is 11.1 Å². The number of hydrogen-bond donors (Lipinski definition) is 0. The molecular weight excluding hydrogens is 351 g/mol. The predicted octanol–water partition coefficient (Wildman–Crippen LogP) is 5.02. The molecule has 134 valence electrons. The molecule has 0 radical (unpaired) electrons. The molecule has 0 amide bonds. The maximum atomic E-state index is 13.0. The molecule has 0 heterocycles. The van der Waals surface area contributed by atoms with Gasteiger partial charge in [0.15, 0.2) is 0 Å². The average molecular weight is 370 g/mol. The fourth-order valence-electron chi connectivity index (χ4n) is 2.61. The van der Waals surface area contributed by atoms with E-state index in [1.165, 1.54) is 0 Å². The molecule has 0 unspecified atom stereocenters. The Morgan fingerprint density at radius 3 is 1.72 bits per heavy atom. The van der Waals surface area contributed by atoms with Crippen molar-refractivity contribution in [3.05, 3.63) is 71.8 Å². The van der Waals surface area contributed by atoms with Crippen molar-refractivity contribution in [2.45, 2.75) is 25.7 Å². The summed E-state index contributed by atoms with van der Waals surface area (Å²) >= 11 is 5.15. The summed E-state index contributed by atoms with van der Waals surface area (Å²) in [6.07, 6.45) is -4.98. The average Bonchev–Trinajstić information content (AvgIpc) is 2.55. The lowest BCUT2D eigenvalue weighted by atomic mass is 10.1. The fraction of sp³-hybridized carbons (Fsp3) is 0.316. The van der Waals surface area contributed by atoms with Crippen molar-refractivity contribution in [2.24, 2.45) is 5.92 Å². The second-order valence-corrected chi connectivity index (χ2v) is 6.24. The van der Waals surface area contributed by atoms with Crippen molar-refractivity contribution in [3.63, 3.8) is 0 Å². The van der Waals surface area contributed by atoms with E-state index in [2.05, 4.69) is 0 Å². The smallest absolute Gasteiger partial charge is 0.295 e. The highest BCUT2D eigenvalue weighted by atomic mass is 35.5. The van der Waals surface area contributed by atoms with Gasteiger partial charge < -0.3 is 0 Å². The van der Waals surface area contributed by atoms with Crippen LogP contribution in [0.25, 0.3) is 0 Å². The van der Waals surface area contributed by atoms with E-state index in [4.69, 9.17) is 11.6 Å². The highest BCUT2D eigenvalue weighted by molar-refractivity contribution is 6.64. The van der Waals surface area contributed by atoms with Gasteiger partial charge in [0.2, 0.25) is 5.24 Å². The number of nitrogens with zero attached hydrogens (tertiary/aromatic N) is 1. The first-order valence-corrected chi connectivity index (χ1v) is 8.30. The summed E-state index contributed by atoms with van der Waals surface area (Å²) in [7, 11) is 0. The van der Waals surface area contributed by atoms with E-state index in [9.17, 15) is 18.0 Å². The maximum Gasteiger partial charge on any atom is 0.399 e. The van der Waals surface area contributed by atoms with Crippen molar-refractivity contribution in [1.82, 2.24) is 4.90 Å². The molecule has 0 spiro atoms. The summed E-state index contributed by atoms with van der Waals surface area (Å²) in [4.78, 5) is 13.0. The van der Waals surface area contributed by atoms with Gasteiger partial charge in [-0.3, -0.25) is 9.69 Å². The van der Waals surface area contributed by atoms with Gasteiger partial charge in [0.1, 0.15) is 5.92 Å². The Kier molecular flexibility index (Phi) is 7.02. The molecule has 0 fully saturated rings. The van der Waals surface area contributed by atoms with Gasteiger partial charge in [-0.25, -0.2) is 0 Å². The van der Waals surface area contributed by atoms with E-state index in [1.807, 2.05) is 65.6 Å². The molecule has 0 bridgehead atoms. The van der Waals surface area contributed by atoms with Crippen molar-refractivity contribution >= 4 is 16.8 Å². The maximum absolute atomic E-state index is 13.0. The van der Waals surface area contributed by atoms with Crippen LogP contribution >= 0.6 is 11.6 Å². The Morgan fingerprint density at radius 1 is 0.920 bits per heavy atom. The first-order chi connectivity index (χ1) is 11.9. The highest BCUT2D eigenvalue weighted by Crippen LogP contribution is 2.31. The lowest BCUT2D eigenvalue weighted by molar-refractivity contribution is -0.178. The second kappa shape index (κ2) is 9.02. The van der Waals surface area contributed by atoms with Crippen molar-refractivity contribution in [1.29, 1.82) is 0 Å². The summed E-state index contributed by atoms with van der Waals surface area (Å²) in [5.41, 5.74) is 2.00. The van der Waals surface area contributed by atoms with Gasteiger partial charge >= 0.3 is 6.18 Å². The van der Waals surface area contributed by atoms with E-state index in [1.54, 1.807) is 0 Å². The first kappa shape index (κ1) is 19.5. The Labute approximate surface area is 150 Å². The van der Waals surface area contributed by atoms with Gasteiger partial charge in [-0.1, -0.05) is 60.7 Å². The SMILES string of the molecule is O=C(Cl)[C@H](CCN(Cc1ccccc1)Cc1ccccc1)C(F)(F)F. The topological polar surface area (TPSA) is 20.3 Å². The Morgan fingerprint density at radius 2 is 1.36 bits per heavy atom. The third kappa shape index (κ3) is 6.52. The zero-order valence-corrected chi connectivity index (χ0v) is 14.3. The molecule has 2 nitrogen and oxygen atoms in total. The molecule has 0 N–H and O–H groups in total. The Bertz CT molecular complexity index is 620. The molecule has 0 aliphatic rings. The van der Waals surface area contributed by atoms with Crippen LogP contribution < -0.4 is 0 Å². The number of carbonyl (C=O) groups is 1. The number of hydrogen-bond acceptors (Lipinski definition) is 2. The van der Waals surface area contributed by atoms with E-state index in [-0.39, 0.29) is 13.0 Å². The molecule has 0 aliphatic heterocycles. The third-order valence-corrected chi connectivity index (χ3v) is 4.16. The molecule has 2 aromatic rings. The normalized spacial score (nSPS) is 13.0. The lowest BCUT2D eigenvalue weighted by Crippen LogP contribution is -2.33. The number of rotatable bonds is 8. The largest absolute Gasteiger partial charge is 0.399 e. The van der Waals surface area contributed by atoms with Crippen molar-refractivity contribution in [2.75, 3.05) is 6.54 Å². The quantitative estimate of drug-likeness (QED) is 0.609. The molecule has 0 aliphatic carbocycles. The third-order valence-electron chi connectivity index (χ3n) is 3.90. The predicted molar refractivity (Wildman–Crippen MR) is 92.0 cm³/mol. The number of benzene rings is 2. The van der Waals surface area contributed by atoms with Crippen LogP contribution in [0.15, 0.2) is 60.7 Å². The van der Waals surface area contributed by atoms with Crippen LogP contribution in [0.4, 0.5) is 13.2 Å². The minimum Gasteiger partial charge on any atom is -0.295 e. The van der Waals surface area contributed by atoms with Crippen LogP contribution in [0.1, 0.15) is 17.5 Å². The van der Waals surface area contributed by atoms with E-state index < -0.39 is 17.3 Å². The van der Waals surface area contributed by atoms with Crippen LogP contribution in [0, 0.1) is 5.92 Å². The van der Waals surface area contributed by atoms with E-state index >= 15 is 0 Å². The molecule has 0 saturated carbocycles. The van der Waals surface area contributed by atoms with Crippen molar-refractivity contribution in [3.8, 4) is 0 Å². The summed E-state index contributed by atoms with van der Waals surface area (Å²) in [5, 5.41) is -1.35. The molecule has 6 heteroatoms. The molecule has 2 rings (SSSR count). The lowest BCUT2D eigenvalue weighted by Gasteiger charge is -2.25. The van der Waals surface area contributed by atoms with Crippen LogP contribution in [0.5, 0.6) is 0 Å². The Balaban J connectivity index is 2.09. The van der Waals surface area contributed by atoms with Crippen molar-refractivity contribution < 1.29 is 18.0 Å². The summed E-state index contributed by atoms with van der Waals surface area (Å²) in [6.45, 7) is 1.11. The van der Waals surface area contributed by atoms with Gasteiger partial charge in [0.05, 0.1) is 0 Å². The monoisotopic (exact) mass is 369 g/mol. The van der Waals surface area contributed by atoms with Gasteiger partial charge in [0.25, 0.3) is 0 Å². The standard InChI is InChI=1S/C19H19ClF3NO/c20-18(25)17(19(21,22)23)11-12-24(13-15-7-3-1-4-8-15)14-16-9-5-2-6-10-16/h1-10,17H,11-14H2/t17-/m0/s1. The molecule has 2 aromatic carbocycles. The van der Waals surface area contributed by atoms with Gasteiger partial charge in [0, 0.05) is 13.1 Å². The summed E-state index contributed by atoms with van der Waals surface area (Å²) < 4.78 is 38.9. The summed E-state index contributed by atoms with van der Waals surface area (Å²) in [5.74, 6) is -2.14. The van der Waals surface area contributed by atoms with Crippen LogP contribution in [0.2, 0.25) is 0 Å². The second-order valence-electron chi connectivity index (χ2n) is 5.87. The van der Waals surface area contributed by atoms with Gasteiger partial charge in [-0.15, -0.1) is 0 Å². The first-order valence-electron chi connectivity index (χ1n) is 7.92. The number of alkyl halides is 3. The Hall–Kier alpha value is -1.85. The fourth-order valence-corrected chi connectivity index (χ4v) is 2.85. The highest BCUT2D eigenvalue weighted by Gasteiger charge is 2.43. The molecule has 0 aromatic heterocycles. The van der Waals surface area contributed by atoms with Crippen LogP contribution in [-0.2, 0) is 17.9 Å². The molecule has 25 heavy (non-hydrogen) atoms. The number of halogens is 4. The molecule has 0 saturated heterocycles. The van der Waals surface area contributed by atoms with Gasteiger partial charge in [-0.2, -0.15) is 13.2 Å².